The molecule has 28 heavy (non-hydrogen) atoms. The first-order valence-electron chi connectivity index (χ1n) is 9.85. The van der Waals surface area contributed by atoms with Crippen LogP contribution in [0.25, 0.3) is 11.6 Å². The number of aryl methyl sites for hydroxylation is 2. The molecule has 0 atom stereocenters. The molecule has 1 amide bonds. The first kappa shape index (κ1) is 18.2. The highest BCUT2D eigenvalue weighted by Crippen LogP contribution is 2.30. The minimum absolute atomic E-state index is 0.106. The maximum atomic E-state index is 11.6. The number of nitrogens with one attached hydrogen (secondary N) is 1. The highest BCUT2D eigenvalue weighted by molar-refractivity contribution is 5.94. The molecule has 0 spiro atoms. The molecule has 3 heteroatoms. The third-order valence-corrected chi connectivity index (χ3v) is 5.15. The van der Waals surface area contributed by atoms with E-state index >= 15 is 0 Å². The van der Waals surface area contributed by atoms with Crippen molar-refractivity contribution in [2.24, 2.45) is 0 Å². The second-order valence-corrected chi connectivity index (χ2v) is 7.22. The molecule has 1 N–H and O–H groups in total. The van der Waals surface area contributed by atoms with Gasteiger partial charge in [0.2, 0.25) is 5.91 Å². The molecular weight excluding hydrogens is 344 g/mol. The summed E-state index contributed by atoms with van der Waals surface area (Å²) in [4.78, 5) is 15.9. The van der Waals surface area contributed by atoms with Crippen LogP contribution in [0.4, 0.5) is 5.69 Å². The normalized spacial score (nSPS) is 13.7. The van der Waals surface area contributed by atoms with Gasteiger partial charge in [-0.15, -0.1) is 0 Å². The Labute approximate surface area is 166 Å². The van der Waals surface area contributed by atoms with E-state index < -0.39 is 0 Å². The molecule has 3 nitrogen and oxygen atoms in total. The van der Waals surface area contributed by atoms with Crippen LogP contribution in [-0.4, -0.2) is 10.9 Å². The third-order valence-electron chi connectivity index (χ3n) is 5.15. The lowest BCUT2D eigenvalue weighted by Gasteiger charge is -2.18. The number of aromatic nitrogens is 1. The van der Waals surface area contributed by atoms with E-state index in [1.165, 1.54) is 22.3 Å². The highest BCUT2D eigenvalue weighted by Gasteiger charge is 2.15. The van der Waals surface area contributed by atoms with Crippen LogP contribution >= 0.6 is 0 Å². The average Bonchev–Trinajstić information content (AvgIpc) is 2.74. The van der Waals surface area contributed by atoms with Crippen LogP contribution < -0.4 is 5.32 Å². The molecule has 2 aromatic carbocycles. The van der Waals surface area contributed by atoms with Gasteiger partial charge < -0.3 is 5.32 Å². The molecule has 0 bridgehead atoms. The maximum absolute atomic E-state index is 11.6. The number of nitrogens with zero attached hydrogens (tertiary/aromatic N) is 1. The predicted molar refractivity (Wildman–Crippen MR) is 115 cm³/mol. The summed E-state index contributed by atoms with van der Waals surface area (Å²) in [5.41, 5.74) is 7.19. The Morgan fingerprint density at radius 2 is 1.93 bits per heavy atom. The van der Waals surface area contributed by atoms with E-state index in [0.717, 1.165) is 36.9 Å². The summed E-state index contributed by atoms with van der Waals surface area (Å²) in [6, 6.07) is 21.1. The molecule has 4 rings (SSSR count). The number of anilines is 1. The summed E-state index contributed by atoms with van der Waals surface area (Å²) >= 11 is 0. The zero-order chi connectivity index (χ0) is 19.2. The van der Waals surface area contributed by atoms with Crippen LogP contribution in [-0.2, 0) is 17.6 Å². The predicted octanol–water partition coefficient (Wildman–Crippen LogP) is 5.53. The number of rotatable bonds is 6. The number of allylic oxidation sites excluding steroid dienone is 1. The molecule has 1 aliphatic heterocycles. The maximum Gasteiger partial charge on any atom is 0.224 e. The summed E-state index contributed by atoms with van der Waals surface area (Å²) in [6.45, 7) is 0. The van der Waals surface area contributed by atoms with Gasteiger partial charge in [0, 0.05) is 24.5 Å². The summed E-state index contributed by atoms with van der Waals surface area (Å²) in [5.74, 6) is 0.106. The number of carbonyl (C=O) groups excluding carboxylic acids is 1. The van der Waals surface area contributed by atoms with E-state index in [4.69, 9.17) is 0 Å². The third kappa shape index (κ3) is 4.55. The van der Waals surface area contributed by atoms with Crippen molar-refractivity contribution in [3.05, 3.63) is 95.3 Å². The zero-order valence-corrected chi connectivity index (χ0v) is 15.9. The Hall–Kier alpha value is -3.20. The van der Waals surface area contributed by atoms with Gasteiger partial charge in [-0.1, -0.05) is 42.5 Å². The molecule has 1 aliphatic rings. The minimum atomic E-state index is 0.106. The van der Waals surface area contributed by atoms with Crippen molar-refractivity contribution in [3.8, 4) is 0 Å². The average molecular weight is 368 g/mol. The largest absolute Gasteiger partial charge is 0.326 e. The van der Waals surface area contributed by atoms with Gasteiger partial charge in [-0.2, -0.15) is 0 Å². The fourth-order valence-electron chi connectivity index (χ4n) is 3.67. The van der Waals surface area contributed by atoms with Gasteiger partial charge in [-0.05, 0) is 77.8 Å². The van der Waals surface area contributed by atoms with E-state index in [2.05, 4.69) is 64.9 Å². The van der Waals surface area contributed by atoms with Crippen LogP contribution in [0.5, 0.6) is 0 Å². The molecule has 2 heterocycles. The van der Waals surface area contributed by atoms with Crippen molar-refractivity contribution in [3.63, 3.8) is 0 Å². The fraction of sp³-hybridized carbons (Fsp3) is 0.200. The van der Waals surface area contributed by atoms with E-state index in [-0.39, 0.29) is 5.91 Å². The molecule has 0 fully saturated rings. The van der Waals surface area contributed by atoms with Gasteiger partial charge in [0.05, 0.1) is 0 Å². The summed E-state index contributed by atoms with van der Waals surface area (Å²) < 4.78 is 0. The van der Waals surface area contributed by atoms with E-state index in [1.807, 2.05) is 18.3 Å². The Morgan fingerprint density at radius 1 is 1.04 bits per heavy atom. The zero-order valence-electron chi connectivity index (χ0n) is 15.9. The van der Waals surface area contributed by atoms with Crippen LogP contribution in [0.15, 0.2) is 73.1 Å². The van der Waals surface area contributed by atoms with E-state index in [9.17, 15) is 4.79 Å². The smallest absolute Gasteiger partial charge is 0.224 e. The summed E-state index contributed by atoms with van der Waals surface area (Å²) in [7, 11) is 0. The van der Waals surface area contributed by atoms with E-state index in [1.54, 1.807) is 6.20 Å². The van der Waals surface area contributed by atoms with Gasteiger partial charge >= 0.3 is 0 Å². The summed E-state index contributed by atoms with van der Waals surface area (Å²) in [6.07, 6.45) is 10.4. The molecule has 0 radical (unpaired) electrons. The molecule has 3 aromatic rings. The van der Waals surface area contributed by atoms with Crippen LogP contribution in [0.1, 0.15) is 41.5 Å². The minimum Gasteiger partial charge on any atom is -0.326 e. The topological polar surface area (TPSA) is 42.0 Å². The first-order valence-corrected chi connectivity index (χ1v) is 9.85. The number of benzene rings is 2. The number of carbonyl (C=O) groups is 1. The van der Waals surface area contributed by atoms with Crippen molar-refractivity contribution in [1.29, 1.82) is 0 Å². The SMILES string of the molecule is O=C1CCc2cc(/C(=C\c3cccnc3)CCCc3ccccc3)ccc2N1. The van der Waals surface area contributed by atoms with Gasteiger partial charge in [0.15, 0.2) is 0 Å². The molecule has 0 aliphatic carbocycles. The van der Waals surface area contributed by atoms with Crippen molar-refractivity contribution < 1.29 is 4.79 Å². The van der Waals surface area contributed by atoms with Gasteiger partial charge in [-0.3, -0.25) is 9.78 Å². The van der Waals surface area contributed by atoms with Gasteiger partial charge in [-0.25, -0.2) is 0 Å². The van der Waals surface area contributed by atoms with Crippen molar-refractivity contribution in [2.75, 3.05) is 5.32 Å². The van der Waals surface area contributed by atoms with Crippen molar-refractivity contribution >= 4 is 23.2 Å². The van der Waals surface area contributed by atoms with Crippen LogP contribution in [0.2, 0.25) is 0 Å². The highest BCUT2D eigenvalue weighted by atomic mass is 16.1. The Morgan fingerprint density at radius 3 is 2.75 bits per heavy atom. The number of pyridine rings is 1. The molecular formula is C25H24N2O. The molecule has 140 valence electrons. The fourth-order valence-corrected chi connectivity index (χ4v) is 3.67. The van der Waals surface area contributed by atoms with Gasteiger partial charge in [0.25, 0.3) is 0 Å². The second-order valence-electron chi connectivity index (χ2n) is 7.22. The lowest BCUT2D eigenvalue weighted by atomic mass is 9.93. The lowest BCUT2D eigenvalue weighted by Crippen LogP contribution is -2.18. The van der Waals surface area contributed by atoms with E-state index in [0.29, 0.717) is 6.42 Å². The van der Waals surface area contributed by atoms with Crippen LogP contribution in [0, 0.1) is 0 Å². The second kappa shape index (κ2) is 8.66. The molecule has 0 saturated carbocycles. The lowest BCUT2D eigenvalue weighted by molar-refractivity contribution is -0.116. The number of hydrogen-bond acceptors (Lipinski definition) is 2. The quantitative estimate of drug-likeness (QED) is 0.621. The summed E-state index contributed by atoms with van der Waals surface area (Å²) in [5, 5.41) is 2.97. The first-order chi connectivity index (χ1) is 13.8. The Bertz CT molecular complexity index is 978. The number of amides is 1. The molecule has 0 saturated heterocycles. The Kier molecular flexibility index (Phi) is 5.62. The molecule has 1 aromatic heterocycles. The van der Waals surface area contributed by atoms with Gasteiger partial charge in [0.1, 0.15) is 0 Å². The van der Waals surface area contributed by atoms with Crippen molar-refractivity contribution in [1.82, 2.24) is 4.98 Å². The number of fused-ring (bicyclic) bond motifs is 1. The monoisotopic (exact) mass is 368 g/mol. The standard InChI is InChI=1S/C25H24N2O/c28-25-14-12-23-17-22(11-13-24(23)27-25)21(16-20-9-5-15-26-18-20)10-4-8-19-6-2-1-3-7-19/h1-3,5-7,9,11,13,15-18H,4,8,10,12,14H2,(H,27,28)/b21-16-. The van der Waals surface area contributed by atoms with Crippen LogP contribution in [0.3, 0.4) is 0 Å². The van der Waals surface area contributed by atoms with Crippen molar-refractivity contribution in [2.45, 2.75) is 32.1 Å². The molecule has 0 unspecified atom stereocenters. The Balaban J connectivity index is 1.58. The number of hydrogen-bond donors (Lipinski definition) is 1.